The molecule has 4 aromatic heterocycles. The number of nitrogens with one attached hydrogen (secondary N) is 2. The number of nitrogens with zero attached hydrogens (tertiary/aromatic N) is 6. The summed E-state index contributed by atoms with van der Waals surface area (Å²) < 4.78 is 22.2. The second-order valence-electron chi connectivity index (χ2n) is 7.03. The first-order chi connectivity index (χ1) is 20.2. The van der Waals surface area contributed by atoms with Crippen molar-refractivity contribution in [1.29, 1.82) is 0 Å². The summed E-state index contributed by atoms with van der Waals surface area (Å²) in [7, 11) is 0. The van der Waals surface area contributed by atoms with Gasteiger partial charge in [0.05, 0.1) is 35.2 Å². The molecule has 0 fully saturated rings. The summed E-state index contributed by atoms with van der Waals surface area (Å²) in [6.07, 6.45) is 6.04. The van der Waals surface area contributed by atoms with Gasteiger partial charge in [-0.05, 0) is 73.0 Å². The molecule has 4 aromatic rings. The Morgan fingerprint density at radius 2 is 0.814 bits per heavy atom. The molecular formula is C22H14MnN8O10S2. The van der Waals surface area contributed by atoms with Crippen molar-refractivity contribution in [2.75, 3.05) is 0 Å². The third-order valence-electron chi connectivity index (χ3n) is 4.42. The van der Waals surface area contributed by atoms with Crippen LogP contribution in [0.5, 0.6) is 0 Å². The van der Waals surface area contributed by atoms with Crippen LogP contribution in [0.3, 0.4) is 0 Å². The second-order valence-corrected chi connectivity index (χ2v) is 7.81. The van der Waals surface area contributed by atoms with Gasteiger partial charge in [0.15, 0.2) is 34.5 Å². The zero-order chi connectivity index (χ0) is 30.5. The number of hydrazone groups is 2. The van der Waals surface area contributed by atoms with Gasteiger partial charge in [-0.25, -0.2) is 9.98 Å². The van der Waals surface area contributed by atoms with Crippen LogP contribution < -0.4 is 10.9 Å². The first-order valence-electron chi connectivity index (χ1n) is 10.9. The molecule has 18 nitrogen and oxygen atoms in total. The Kier molecular flexibility index (Phi) is 13.1. The van der Waals surface area contributed by atoms with E-state index >= 15 is 0 Å². The van der Waals surface area contributed by atoms with Crippen LogP contribution in [0.2, 0.25) is 0 Å². The van der Waals surface area contributed by atoms with Gasteiger partial charge >= 0.3 is 17.1 Å². The van der Waals surface area contributed by atoms with Crippen molar-refractivity contribution < 1.29 is 44.9 Å². The van der Waals surface area contributed by atoms with E-state index in [0.717, 1.165) is 0 Å². The SMILES string of the molecule is O=[N+]([O-])[O-].O=[N+]([O-])[O-].S=C1/N=C(c2ccco2)/C(c2ccco2)=N/C(=S)N/N=C(c2ccco2)/C(c2ccco2)=N/N1.[Mn+2]. The largest absolute Gasteiger partial charge is 2.00 e. The maximum atomic E-state index is 8.25. The number of aliphatic imine (C=N–C) groups is 2. The maximum Gasteiger partial charge on any atom is 2.00 e. The Hall–Kier alpha value is -5.50. The van der Waals surface area contributed by atoms with E-state index in [1.165, 1.54) is 25.1 Å². The number of hydrogen-bond acceptors (Lipinski definition) is 14. The Morgan fingerprint density at radius 3 is 1.05 bits per heavy atom. The van der Waals surface area contributed by atoms with Gasteiger partial charge in [0.2, 0.25) is 10.2 Å². The molecule has 43 heavy (non-hydrogen) atoms. The van der Waals surface area contributed by atoms with E-state index in [2.05, 4.69) is 31.0 Å². The van der Waals surface area contributed by atoms with Crippen LogP contribution in [0.1, 0.15) is 23.0 Å². The molecule has 0 bridgehead atoms. The molecule has 1 radical (unpaired) electrons. The number of furan rings is 4. The van der Waals surface area contributed by atoms with Crippen LogP contribution in [-0.2, 0) is 17.1 Å². The van der Waals surface area contributed by atoms with Gasteiger partial charge in [0.25, 0.3) is 0 Å². The fourth-order valence-corrected chi connectivity index (χ4v) is 3.29. The fourth-order valence-electron chi connectivity index (χ4n) is 3.01. The molecule has 0 atom stereocenters. The normalized spacial score (nSPS) is 18.0. The predicted molar refractivity (Wildman–Crippen MR) is 153 cm³/mol. The molecule has 0 aromatic carbocycles. The van der Waals surface area contributed by atoms with E-state index < -0.39 is 10.2 Å². The Bertz CT molecular complexity index is 1500. The molecule has 0 aliphatic carbocycles. The second kappa shape index (κ2) is 16.7. The minimum atomic E-state index is -1.75. The van der Waals surface area contributed by atoms with E-state index in [-0.39, 0.29) is 38.7 Å². The van der Waals surface area contributed by atoms with Crippen LogP contribution >= 0.6 is 24.4 Å². The minimum Gasteiger partial charge on any atom is -0.463 e. The summed E-state index contributed by atoms with van der Waals surface area (Å²) in [5, 5.41) is 38.3. The first kappa shape index (κ1) is 33.7. The third-order valence-corrected chi connectivity index (χ3v) is 4.79. The quantitative estimate of drug-likeness (QED) is 0.137. The molecular weight excluding hydrogens is 655 g/mol. The molecule has 1 aliphatic rings. The summed E-state index contributed by atoms with van der Waals surface area (Å²) in [4.78, 5) is 25.5. The van der Waals surface area contributed by atoms with Gasteiger partial charge in [-0.3, -0.25) is 10.9 Å². The van der Waals surface area contributed by atoms with Crippen LogP contribution in [0, 0.1) is 30.6 Å². The molecule has 221 valence electrons. The van der Waals surface area contributed by atoms with Gasteiger partial charge in [0.1, 0.15) is 11.4 Å². The summed E-state index contributed by atoms with van der Waals surface area (Å²) in [6.45, 7) is 0. The average molecular weight is 669 g/mol. The van der Waals surface area contributed by atoms with Crippen molar-refractivity contribution >= 4 is 57.5 Å². The summed E-state index contributed by atoms with van der Waals surface area (Å²) in [5.41, 5.74) is 6.68. The van der Waals surface area contributed by atoms with Crippen molar-refractivity contribution in [2.24, 2.45) is 20.2 Å². The molecule has 21 heteroatoms. The van der Waals surface area contributed by atoms with E-state index in [9.17, 15) is 0 Å². The molecule has 2 N–H and O–H groups in total. The summed E-state index contributed by atoms with van der Waals surface area (Å²) in [5.74, 6) is 1.61. The molecule has 5 rings (SSSR count). The summed E-state index contributed by atoms with van der Waals surface area (Å²) in [6, 6.07) is 13.7. The summed E-state index contributed by atoms with van der Waals surface area (Å²) >= 11 is 10.9. The maximum absolute atomic E-state index is 8.25. The van der Waals surface area contributed by atoms with Gasteiger partial charge in [-0.2, -0.15) is 10.2 Å². The molecule has 0 saturated heterocycles. The third kappa shape index (κ3) is 10.4. The predicted octanol–water partition coefficient (Wildman–Crippen LogP) is 3.43. The molecule has 5 heterocycles. The standard InChI is InChI=1S/C22H14N6O4S2.Mn.2NO3/c33-21-23-17(13-5-1-9-29-13)18(14-6-2-10-30-14)24-22(34)28-26-20(16-8-4-12-32-16)19(25-27-21)15-7-3-11-31-15;;2*2-1(3)4/h1-12H,(H,23,27,33)(H,24,28,34);;;/q;+2;2*-1. The van der Waals surface area contributed by atoms with Gasteiger partial charge in [0, 0.05) is 0 Å². The average Bonchev–Trinajstić information content (AvgIpc) is 3.75. The minimum absolute atomic E-state index is 0. The Balaban J connectivity index is 0.000000642. The molecule has 0 saturated carbocycles. The van der Waals surface area contributed by atoms with Crippen molar-refractivity contribution in [3.8, 4) is 0 Å². The number of thiocarbonyl (C=S) groups is 2. The van der Waals surface area contributed by atoms with Crippen LogP contribution in [0.4, 0.5) is 0 Å². The zero-order valence-corrected chi connectivity index (χ0v) is 23.7. The van der Waals surface area contributed by atoms with Crippen LogP contribution in [-0.4, -0.2) is 43.2 Å². The van der Waals surface area contributed by atoms with Crippen LogP contribution in [0.15, 0.2) is 111 Å². The van der Waals surface area contributed by atoms with Gasteiger partial charge in [-0.15, -0.1) is 0 Å². The Labute approximate surface area is 260 Å². The molecule has 1 aliphatic heterocycles. The fraction of sp³-hybridized carbons (Fsp3) is 0. The van der Waals surface area contributed by atoms with Crippen molar-refractivity contribution in [2.45, 2.75) is 0 Å². The van der Waals surface area contributed by atoms with E-state index in [4.69, 9.17) is 72.7 Å². The topological polar surface area (TPSA) is 258 Å². The van der Waals surface area contributed by atoms with E-state index in [1.807, 2.05) is 0 Å². The van der Waals surface area contributed by atoms with Crippen molar-refractivity contribution in [3.63, 3.8) is 0 Å². The molecule has 0 spiro atoms. The smallest absolute Gasteiger partial charge is 0.463 e. The number of rotatable bonds is 4. The van der Waals surface area contributed by atoms with Gasteiger partial charge < -0.3 is 48.3 Å². The van der Waals surface area contributed by atoms with Crippen molar-refractivity contribution in [3.05, 3.63) is 127 Å². The first-order valence-corrected chi connectivity index (χ1v) is 11.7. The van der Waals surface area contributed by atoms with E-state index in [1.54, 1.807) is 48.5 Å². The van der Waals surface area contributed by atoms with E-state index in [0.29, 0.717) is 34.5 Å². The van der Waals surface area contributed by atoms with Crippen molar-refractivity contribution in [1.82, 2.24) is 10.9 Å². The zero-order valence-electron chi connectivity index (χ0n) is 20.9. The molecule has 0 amide bonds. The number of hydrogen-bond donors (Lipinski definition) is 2. The Morgan fingerprint density at radius 1 is 0.558 bits per heavy atom. The monoisotopic (exact) mass is 669 g/mol. The van der Waals surface area contributed by atoms with Gasteiger partial charge in [-0.1, -0.05) is 0 Å². The molecule has 0 unspecified atom stereocenters. The van der Waals surface area contributed by atoms with Crippen LogP contribution in [0.25, 0.3) is 0 Å².